The molecule has 18 heavy (non-hydrogen) atoms. The van der Waals surface area contributed by atoms with E-state index in [0.717, 1.165) is 31.7 Å². The lowest BCUT2D eigenvalue weighted by Gasteiger charge is -2.28. The van der Waals surface area contributed by atoms with Crippen molar-refractivity contribution in [3.8, 4) is 0 Å². The molecule has 0 radical (unpaired) electrons. The molecule has 1 fully saturated rings. The van der Waals surface area contributed by atoms with Crippen molar-refractivity contribution < 1.29 is 13.9 Å². The van der Waals surface area contributed by atoms with Crippen molar-refractivity contribution >= 4 is 0 Å². The summed E-state index contributed by atoms with van der Waals surface area (Å²) in [6.07, 6.45) is 4.30. The normalized spacial score (nSPS) is 24.2. The molecule has 2 atom stereocenters. The fourth-order valence-electron chi connectivity index (χ4n) is 2.51. The fourth-order valence-corrected chi connectivity index (χ4v) is 2.51. The Morgan fingerprint density at radius 3 is 2.44 bits per heavy atom. The van der Waals surface area contributed by atoms with Gasteiger partial charge in [0.15, 0.2) is 0 Å². The Bertz CT molecular complexity index is 377. The number of aliphatic hydroxyl groups is 1. The van der Waals surface area contributed by atoms with Crippen LogP contribution in [-0.2, 0) is 6.42 Å². The molecule has 0 amide bonds. The van der Waals surface area contributed by atoms with Gasteiger partial charge in [0.25, 0.3) is 0 Å². The van der Waals surface area contributed by atoms with Crippen LogP contribution in [0, 0.1) is 11.6 Å². The van der Waals surface area contributed by atoms with E-state index >= 15 is 0 Å². The summed E-state index contributed by atoms with van der Waals surface area (Å²) in [6.45, 7) is 0.630. The summed E-state index contributed by atoms with van der Waals surface area (Å²) in [5, 5.41) is 13.0. The first-order valence-corrected chi connectivity index (χ1v) is 6.51. The highest BCUT2D eigenvalue weighted by molar-refractivity contribution is 5.18. The molecule has 2 nitrogen and oxygen atoms in total. The van der Waals surface area contributed by atoms with Crippen molar-refractivity contribution in [3.05, 3.63) is 35.4 Å². The van der Waals surface area contributed by atoms with Gasteiger partial charge < -0.3 is 10.4 Å². The third-order valence-electron chi connectivity index (χ3n) is 3.47. The monoisotopic (exact) mass is 255 g/mol. The predicted molar refractivity (Wildman–Crippen MR) is 66.3 cm³/mol. The summed E-state index contributed by atoms with van der Waals surface area (Å²) < 4.78 is 25.9. The summed E-state index contributed by atoms with van der Waals surface area (Å²) in [6, 6.07) is 3.70. The summed E-state index contributed by atoms with van der Waals surface area (Å²) >= 11 is 0. The molecule has 1 aliphatic carbocycles. The van der Waals surface area contributed by atoms with Gasteiger partial charge in [-0.1, -0.05) is 12.8 Å². The number of benzene rings is 1. The number of rotatable bonds is 4. The van der Waals surface area contributed by atoms with E-state index in [0.29, 0.717) is 18.5 Å². The van der Waals surface area contributed by atoms with Crippen molar-refractivity contribution in [2.24, 2.45) is 0 Å². The lowest BCUT2D eigenvalue weighted by Crippen LogP contribution is -2.42. The Morgan fingerprint density at radius 1 is 1.11 bits per heavy atom. The van der Waals surface area contributed by atoms with E-state index in [2.05, 4.69) is 5.32 Å². The van der Waals surface area contributed by atoms with Gasteiger partial charge in [0, 0.05) is 12.1 Å². The van der Waals surface area contributed by atoms with E-state index in [1.54, 1.807) is 0 Å². The van der Waals surface area contributed by atoms with Crippen LogP contribution in [0.3, 0.4) is 0 Å². The second kappa shape index (κ2) is 6.25. The van der Waals surface area contributed by atoms with Crippen LogP contribution in [-0.4, -0.2) is 23.8 Å². The van der Waals surface area contributed by atoms with Crippen molar-refractivity contribution in [2.45, 2.75) is 44.2 Å². The number of halogens is 2. The Morgan fingerprint density at radius 2 is 1.78 bits per heavy atom. The Balaban J connectivity index is 1.80. The number of hydrogen-bond acceptors (Lipinski definition) is 2. The molecule has 0 aromatic heterocycles. The zero-order chi connectivity index (χ0) is 13.0. The lowest BCUT2D eigenvalue weighted by molar-refractivity contribution is 0.0914. The van der Waals surface area contributed by atoms with Crippen LogP contribution in [0.1, 0.15) is 31.2 Å². The quantitative estimate of drug-likeness (QED) is 0.866. The van der Waals surface area contributed by atoms with Crippen LogP contribution < -0.4 is 5.32 Å². The van der Waals surface area contributed by atoms with E-state index in [1.165, 1.54) is 12.1 Å². The van der Waals surface area contributed by atoms with Crippen LogP contribution in [0.4, 0.5) is 8.78 Å². The average molecular weight is 255 g/mol. The summed E-state index contributed by atoms with van der Waals surface area (Å²) in [4.78, 5) is 0. The van der Waals surface area contributed by atoms with Gasteiger partial charge in [0.05, 0.1) is 6.10 Å². The Hall–Kier alpha value is -1.00. The van der Waals surface area contributed by atoms with E-state index in [9.17, 15) is 13.9 Å². The van der Waals surface area contributed by atoms with Crippen LogP contribution in [0.15, 0.2) is 18.2 Å². The smallest absolute Gasteiger partial charge is 0.126 e. The number of nitrogens with one attached hydrogen (secondary N) is 1. The lowest BCUT2D eigenvalue weighted by atomic mass is 9.92. The highest BCUT2D eigenvalue weighted by atomic mass is 19.1. The first-order valence-electron chi connectivity index (χ1n) is 6.51. The van der Waals surface area contributed by atoms with Gasteiger partial charge >= 0.3 is 0 Å². The van der Waals surface area contributed by atoms with Gasteiger partial charge in [-0.05, 0) is 43.5 Å². The Labute approximate surface area is 106 Å². The van der Waals surface area contributed by atoms with E-state index in [-0.39, 0.29) is 12.1 Å². The molecular formula is C14H19F2NO. The molecule has 2 N–H and O–H groups in total. The minimum absolute atomic E-state index is 0.122. The minimum atomic E-state index is -0.539. The van der Waals surface area contributed by atoms with Gasteiger partial charge in [0.1, 0.15) is 11.6 Å². The SMILES string of the molecule is O[C@H]1CCCC[C@@H]1NCCc1cc(F)cc(F)c1. The second-order valence-electron chi connectivity index (χ2n) is 4.94. The second-order valence-corrected chi connectivity index (χ2v) is 4.94. The molecule has 1 aromatic carbocycles. The average Bonchev–Trinajstić information content (AvgIpc) is 2.30. The molecule has 2 rings (SSSR count). The Kier molecular flexibility index (Phi) is 4.66. The first kappa shape index (κ1) is 13.4. The maximum Gasteiger partial charge on any atom is 0.126 e. The van der Waals surface area contributed by atoms with Crippen molar-refractivity contribution in [3.63, 3.8) is 0 Å². The topological polar surface area (TPSA) is 32.3 Å². The van der Waals surface area contributed by atoms with Crippen LogP contribution >= 0.6 is 0 Å². The third kappa shape index (κ3) is 3.75. The van der Waals surface area contributed by atoms with E-state index in [4.69, 9.17) is 0 Å². The summed E-state index contributed by atoms with van der Waals surface area (Å²) in [5.74, 6) is -1.08. The standard InChI is InChI=1S/C14H19F2NO/c15-11-7-10(8-12(16)9-11)5-6-17-13-3-1-2-4-14(13)18/h7-9,13-14,17-18H,1-6H2/t13-,14-/m0/s1. The molecule has 0 aliphatic heterocycles. The molecule has 1 aliphatic rings. The van der Waals surface area contributed by atoms with Crippen molar-refractivity contribution in [1.82, 2.24) is 5.32 Å². The van der Waals surface area contributed by atoms with E-state index in [1.807, 2.05) is 0 Å². The molecule has 1 saturated carbocycles. The largest absolute Gasteiger partial charge is 0.392 e. The van der Waals surface area contributed by atoms with Gasteiger partial charge in [0.2, 0.25) is 0 Å². The molecule has 0 saturated heterocycles. The number of aliphatic hydroxyl groups excluding tert-OH is 1. The zero-order valence-corrected chi connectivity index (χ0v) is 10.3. The zero-order valence-electron chi connectivity index (χ0n) is 10.3. The van der Waals surface area contributed by atoms with E-state index < -0.39 is 11.6 Å². The molecular weight excluding hydrogens is 236 g/mol. The van der Waals surface area contributed by atoms with Crippen LogP contribution in [0.5, 0.6) is 0 Å². The summed E-state index contributed by atoms with van der Waals surface area (Å²) in [5.41, 5.74) is 0.644. The molecule has 1 aromatic rings. The van der Waals surface area contributed by atoms with Crippen LogP contribution in [0.2, 0.25) is 0 Å². The maximum absolute atomic E-state index is 13.0. The highest BCUT2D eigenvalue weighted by Gasteiger charge is 2.21. The van der Waals surface area contributed by atoms with Crippen molar-refractivity contribution in [1.29, 1.82) is 0 Å². The van der Waals surface area contributed by atoms with Gasteiger partial charge in [-0.3, -0.25) is 0 Å². The third-order valence-corrected chi connectivity index (χ3v) is 3.47. The number of hydrogen-bond donors (Lipinski definition) is 2. The molecule has 0 spiro atoms. The molecule has 0 unspecified atom stereocenters. The van der Waals surface area contributed by atoms with Crippen molar-refractivity contribution in [2.75, 3.05) is 6.54 Å². The minimum Gasteiger partial charge on any atom is -0.392 e. The highest BCUT2D eigenvalue weighted by Crippen LogP contribution is 2.18. The van der Waals surface area contributed by atoms with Crippen LogP contribution in [0.25, 0.3) is 0 Å². The van der Waals surface area contributed by atoms with Gasteiger partial charge in [-0.15, -0.1) is 0 Å². The molecule has 100 valence electrons. The van der Waals surface area contributed by atoms with Gasteiger partial charge in [-0.2, -0.15) is 0 Å². The summed E-state index contributed by atoms with van der Waals surface area (Å²) in [7, 11) is 0. The predicted octanol–water partition coefficient (Wildman–Crippen LogP) is 2.40. The molecule has 4 heteroatoms. The molecule has 0 heterocycles. The van der Waals surface area contributed by atoms with Gasteiger partial charge in [-0.25, -0.2) is 8.78 Å². The first-order chi connectivity index (χ1) is 8.65. The molecule has 0 bridgehead atoms. The maximum atomic E-state index is 13.0. The fraction of sp³-hybridized carbons (Fsp3) is 0.571.